The van der Waals surface area contributed by atoms with E-state index in [-0.39, 0.29) is 30.5 Å². The fourth-order valence-electron chi connectivity index (χ4n) is 5.34. The van der Waals surface area contributed by atoms with Gasteiger partial charge in [-0.25, -0.2) is 0 Å². The van der Waals surface area contributed by atoms with Gasteiger partial charge in [0.1, 0.15) is 0 Å². The third kappa shape index (κ3) is 3.78. The first kappa shape index (κ1) is 24.4. The Morgan fingerprint density at radius 2 is 1.53 bits per heavy atom. The van der Waals surface area contributed by atoms with Crippen molar-refractivity contribution in [2.75, 3.05) is 53.7 Å². The summed E-state index contributed by atoms with van der Waals surface area (Å²) < 4.78 is 23.8. The van der Waals surface area contributed by atoms with E-state index in [1.807, 2.05) is 6.07 Å². The van der Waals surface area contributed by atoms with Gasteiger partial charge in [-0.1, -0.05) is 0 Å². The predicted octanol–water partition coefficient (Wildman–Crippen LogP) is 2.68. The van der Waals surface area contributed by atoms with Crippen LogP contribution in [0.1, 0.15) is 22.3 Å². The first-order valence-electron chi connectivity index (χ1n) is 11.8. The summed E-state index contributed by atoms with van der Waals surface area (Å²) in [7, 11) is 3.07. The molecule has 0 saturated carbocycles. The van der Waals surface area contributed by atoms with Gasteiger partial charge in [0, 0.05) is 49.2 Å². The first-order chi connectivity index (χ1) is 17.1. The number of methoxy groups -OCH3 is 2. The molecule has 0 radical (unpaired) electrons. The zero-order valence-electron chi connectivity index (χ0n) is 20.2. The van der Waals surface area contributed by atoms with Crippen LogP contribution in [0, 0.1) is 0 Å². The zero-order chi connectivity index (χ0) is 24.1. The molecule has 6 rings (SSSR count). The Hall–Kier alpha value is -3.27. The second-order valence-corrected chi connectivity index (χ2v) is 8.96. The third-order valence-corrected chi connectivity index (χ3v) is 7.08. The molecule has 2 aromatic carbocycles. The molecule has 2 aliphatic heterocycles. The number of pyridine rings is 1. The van der Waals surface area contributed by atoms with E-state index in [2.05, 4.69) is 10.2 Å². The average molecular weight is 514 g/mol. The number of fused-ring (bicyclic) bond motifs is 6. The fourth-order valence-corrected chi connectivity index (χ4v) is 5.34. The Bertz CT molecular complexity index is 1410. The van der Waals surface area contributed by atoms with E-state index in [4.69, 9.17) is 18.9 Å². The van der Waals surface area contributed by atoms with E-state index in [9.17, 15) is 9.59 Å². The van der Waals surface area contributed by atoms with Gasteiger partial charge in [-0.3, -0.25) is 9.59 Å². The molecule has 1 saturated heterocycles. The lowest BCUT2D eigenvalue weighted by atomic mass is 10.0. The minimum absolute atomic E-state index is 0. The number of benzene rings is 2. The van der Waals surface area contributed by atoms with Crippen molar-refractivity contribution in [2.24, 2.45) is 0 Å². The Labute approximate surface area is 214 Å². The normalized spacial score (nSPS) is 16.0. The van der Waals surface area contributed by atoms with E-state index >= 15 is 0 Å². The highest BCUT2D eigenvalue weighted by Gasteiger charge is 2.35. The van der Waals surface area contributed by atoms with Crippen LogP contribution in [-0.4, -0.2) is 69.0 Å². The molecule has 0 amide bonds. The number of ketones is 1. The smallest absolute Gasteiger partial charge is 0.259 e. The number of carbonyl (C=O) groups is 1. The van der Waals surface area contributed by atoms with Crippen LogP contribution in [0.3, 0.4) is 0 Å². The molecule has 36 heavy (non-hydrogen) atoms. The van der Waals surface area contributed by atoms with Crippen LogP contribution in [0.15, 0.2) is 29.1 Å². The highest BCUT2D eigenvalue weighted by molar-refractivity contribution is 6.27. The van der Waals surface area contributed by atoms with Crippen molar-refractivity contribution in [2.45, 2.75) is 13.0 Å². The number of hydrogen-bond donors (Lipinski definition) is 1. The summed E-state index contributed by atoms with van der Waals surface area (Å²) in [6.07, 6.45) is 0.791. The summed E-state index contributed by atoms with van der Waals surface area (Å²) in [5, 5.41) is 4.36. The summed E-state index contributed by atoms with van der Waals surface area (Å²) in [5.74, 6) is 1.91. The standard InChI is InChI=1S/C26H27N3O6.ClH/c1-32-19-10-15-18(13-20(19)33-2)26(31)29(7-3-6-28-8-4-27-5-9-28)24-16-11-21-22(35-14-34-21)12-17(16)25(30)23(15)24;/h10-13,27H,3-9,14H2,1-2H3;1H. The molecule has 1 fully saturated rings. The van der Waals surface area contributed by atoms with Crippen LogP contribution >= 0.6 is 12.4 Å². The number of rotatable bonds is 6. The summed E-state index contributed by atoms with van der Waals surface area (Å²) in [4.78, 5) is 30.0. The Morgan fingerprint density at radius 1 is 0.889 bits per heavy atom. The van der Waals surface area contributed by atoms with Crippen LogP contribution in [0.4, 0.5) is 0 Å². The maximum absolute atomic E-state index is 13.9. The van der Waals surface area contributed by atoms with Gasteiger partial charge >= 0.3 is 0 Å². The molecule has 10 heteroatoms. The molecule has 9 nitrogen and oxygen atoms in total. The number of nitrogens with zero attached hydrogens (tertiary/aromatic N) is 2. The lowest BCUT2D eigenvalue weighted by Crippen LogP contribution is -2.44. The number of carbonyl (C=O) groups excluding carboxylic acids is 1. The van der Waals surface area contributed by atoms with E-state index in [1.54, 1.807) is 22.8 Å². The van der Waals surface area contributed by atoms with Crippen LogP contribution in [0.2, 0.25) is 0 Å². The van der Waals surface area contributed by atoms with Gasteiger partial charge < -0.3 is 33.7 Å². The van der Waals surface area contributed by atoms with Gasteiger partial charge in [-0.05, 0) is 37.2 Å². The Balaban J connectivity index is 0.00000267. The number of nitrogens with one attached hydrogen (secondary N) is 1. The molecule has 0 bridgehead atoms. The maximum Gasteiger partial charge on any atom is 0.259 e. The van der Waals surface area contributed by atoms with Gasteiger partial charge in [-0.15, -0.1) is 12.4 Å². The van der Waals surface area contributed by atoms with Gasteiger partial charge in [0.15, 0.2) is 28.8 Å². The minimum Gasteiger partial charge on any atom is -0.493 e. The molecule has 1 aromatic heterocycles. The van der Waals surface area contributed by atoms with Crippen molar-refractivity contribution < 1.29 is 23.7 Å². The highest BCUT2D eigenvalue weighted by Crippen LogP contribution is 2.46. The quantitative estimate of drug-likeness (QED) is 0.421. The van der Waals surface area contributed by atoms with Crippen LogP contribution in [-0.2, 0) is 6.54 Å². The predicted molar refractivity (Wildman–Crippen MR) is 137 cm³/mol. The first-order valence-corrected chi connectivity index (χ1v) is 11.8. The van der Waals surface area contributed by atoms with E-state index in [0.29, 0.717) is 62.7 Å². The topological polar surface area (TPSA) is 91.3 Å². The molecule has 1 N–H and O–H groups in total. The van der Waals surface area contributed by atoms with Gasteiger partial charge in [0.2, 0.25) is 6.79 Å². The fraction of sp³-hybridized carbons (Fsp3) is 0.385. The van der Waals surface area contributed by atoms with Crippen molar-refractivity contribution >= 4 is 29.0 Å². The molecular weight excluding hydrogens is 486 g/mol. The summed E-state index contributed by atoms with van der Waals surface area (Å²) in [6.45, 7) is 5.43. The largest absolute Gasteiger partial charge is 0.493 e. The number of piperazine rings is 1. The van der Waals surface area contributed by atoms with Crippen molar-refractivity contribution in [1.82, 2.24) is 14.8 Å². The van der Waals surface area contributed by atoms with Gasteiger partial charge in [0.25, 0.3) is 5.56 Å². The van der Waals surface area contributed by atoms with Gasteiger partial charge in [0.05, 0.1) is 30.9 Å². The van der Waals surface area contributed by atoms with Crippen LogP contribution in [0.5, 0.6) is 23.0 Å². The van der Waals surface area contributed by atoms with Crippen molar-refractivity contribution in [1.29, 1.82) is 0 Å². The van der Waals surface area contributed by atoms with Gasteiger partial charge in [-0.2, -0.15) is 0 Å². The SMILES string of the molecule is COc1cc2c3c(n(CCCN4CCNCC4)c(=O)c2cc1OC)-c1cc2c(cc1C3=O)OCO2.Cl. The third-order valence-electron chi connectivity index (χ3n) is 7.08. The molecule has 3 aromatic rings. The molecule has 3 heterocycles. The molecule has 0 spiro atoms. The van der Waals surface area contributed by atoms with Crippen molar-refractivity contribution in [3.63, 3.8) is 0 Å². The molecule has 190 valence electrons. The van der Waals surface area contributed by atoms with E-state index in [0.717, 1.165) is 39.1 Å². The lowest BCUT2D eigenvalue weighted by Gasteiger charge is -2.27. The summed E-state index contributed by atoms with van der Waals surface area (Å²) in [6, 6.07) is 6.94. The number of halogens is 1. The molecule has 1 aliphatic carbocycles. The minimum atomic E-state index is -0.154. The summed E-state index contributed by atoms with van der Waals surface area (Å²) in [5.41, 5.74) is 2.19. The molecule has 0 atom stereocenters. The lowest BCUT2D eigenvalue weighted by molar-refractivity contribution is 0.104. The van der Waals surface area contributed by atoms with Crippen LogP contribution in [0.25, 0.3) is 22.0 Å². The van der Waals surface area contributed by atoms with Crippen LogP contribution < -0.4 is 29.8 Å². The van der Waals surface area contributed by atoms with E-state index < -0.39 is 0 Å². The number of ether oxygens (including phenoxy) is 4. The molecular formula is C26H28ClN3O6. The molecule has 3 aliphatic rings. The second-order valence-electron chi connectivity index (χ2n) is 8.96. The maximum atomic E-state index is 13.9. The molecule has 0 unspecified atom stereocenters. The Morgan fingerprint density at radius 3 is 2.19 bits per heavy atom. The second kappa shape index (κ2) is 9.65. The monoisotopic (exact) mass is 513 g/mol. The Kier molecular flexibility index (Phi) is 6.55. The average Bonchev–Trinajstić information content (AvgIpc) is 3.46. The van der Waals surface area contributed by atoms with Crippen molar-refractivity contribution in [3.8, 4) is 34.3 Å². The van der Waals surface area contributed by atoms with E-state index in [1.165, 1.54) is 14.2 Å². The van der Waals surface area contributed by atoms with Crippen molar-refractivity contribution in [3.05, 3.63) is 45.7 Å². The number of hydrogen-bond acceptors (Lipinski definition) is 8. The highest BCUT2D eigenvalue weighted by atomic mass is 35.5. The number of aromatic nitrogens is 1. The zero-order valence-corrected chi connectivity index (χ0v) is 21.0. The summed E-state index contributed by atoms with van der Waals surface area (Å²) >= 11 is 0.